The van der Waals surface area contributed by atoms with Crippen LogP contribution in [0, 0.1) is 44.8 Å². The van der Waals surface area contributed by atoms with Gasteiger partial charge in [0.2, 0.25) is 0 Å². The van der Waals surface area contributed by atoms with E-state index in [2.05, 4.69) is 24.1 Å². The second-order valence-electron chi connectivity index (χ2n) is 6.76. The van der Waals surface area contributed by atoms with Crippen LogP contribution in [0.1, 0.15) is 32.6 Å². The Morgan fingerprint density at radius 3 is 2.33 bits per heavy atom. The van der Waals surface area contributed by atoms with Crippen LogP contribution in [0.15, 0.2) is 4.99 Å². The van der Waals surface area contributed by atoms with Crippen molar-refractivity contribution < 1.29 is 9.47 Å². The van der Waals surface area contributed by atoms with E-state index < -0.39 is 22.2 Å². The number of nitrogens with zero attached hydrogens (tertiary/aromatic N) is 3. The third-order valence-corrected chi connectivity index (χ3v) is 6.20. The molecule has 6 heteroatoms. The standard InChI is InChI=1S/C15H18N4O2/c1-10-2-4-12(5-3-10)13(8-16)11(18)19-15(14(12,13)9-17)20-6-7-21-15/h10H,2-7H2,1H3,(H2,18,19)/t10?,12?,13-,14+/m0/s1. The van der Waals surface area contributed by atoms with Gasteiger partial charge in [-0.2, -0.15) is 10.5 Å². The van der Waals surface area contributed by atoms with Crippen molar-refractivity contribution in [2.75, 3.05) is 13.2 Å². The molecule has 4 rings (SSSR count). The zero-order chi connectivity index (χ0) is 14.9. The smallest absolute Gasteiger partial charge is 0.293 e. The van der Waals surface area contributed by atoms with Crippen molar-refractivity contribution in [2.45, 2.75) is 38.5 Å². The largest absolute Gasteiger partial charge is 0.386 e. The monoisotopic (exact) mass is 286 g/mol. The van der Waals surface area contributed by atoms with E-state index in [0.717, 1.165) is 25.7 Å². The summed E-state index contributed by atoms with van der Waals surface area (Å²) in [6.45, 7) is 2.97. The minimum Gasteiger partial charge on any atom is -0.386 e. The number of ether oxygens (including phenoxy) is 2. The Balaban J connectivity index is 1.91. The van der Waals surface area contributed by atoms with Crippen molar-refractivity contribution in [3.05, 3.63) is 0 Å². The van der Waals surface area contributed by atoms with Crippen molar-refractivity contribution in [2.24, 2.45) is 32.9 Å². The lowest BCUT2D eigenvalue weighted by molar-refractivity contribution is -0.194. The van der Waals surface area contributed by atoms with Crippen LogP contribution in [0.2, 0.25) is 0 Å². The molecule has 4 aliphatic rings. The Morgan fingerprint density at radius 2 is 1.81 bits per heavy atom. The number of rotatable bonds is 0. The first-order valence-corrected chi connectivity index (χ1v) is 7.52. The summed E-state index contributed by atoms with van der Waals surface area (Å²) < 4.78 is 11.5. The first-order chi connectivity index (χ1) is 10.1. The highest BCUT2D eigenvalue weighted by Gasteiger charge is 3.00. The Hall–Kier alpha value is -1.63. The molecule has 2 atom stereocenters. The maximum atomic E-state index is 10.0. The zero-order valence-electron chi connectivity index (χ0n) is 12.1. The van der Waals surface area contributed by atoms with Crippen LogP contribution in [0.4, 0.5) is 0 Å². The minimum atomic E-state index is -1.36. The third kappa shape index (κ3) is 0.994. The maximum absolute atomic E-state index is 10.0. The Morgan fingerprint density at radius 1 is 1.19 bits per heavy atom. The number of aliphatic imine (C=N–C) groups is 1. The minimum absolute atomic E-state index is 0.225. The molecule has 2 saturated carbocycles. The summed E-state index contributed by atoms with van der Waals surface area (Å²) in [6, 6.07) is 4.72. The van der Waals surface area contributed by atoms with Gasteiger partial charge in [0, 0.05) is 5.41 Å². The van der Waals surface area contributed by atoms with Crippen LogP contribution in [0.25, 0.3) is 0 Å². The second kappa shape index (κ2) is 3.58. The molecule has 2 heterocycles. The summed E-state index contributed by atoms with van der Waals surface area (Å²) in [4.78, 5) is 4.31. The fourth-order valence-corrected chi connectivity index (χ4v) is 5.19. The van der Waals surface area contributed by atoms with E-state index in [1.807, 2.05) is 0 Å². The van der Waals surface area contributed by atoms with Crippen LogP contribution >= 0.6 is 0 Å². The summed E-state index contributed by atoms with van der Waals surface area (Å²) in [6.07, 6.45) is 3.60. The predicted octanol–water partition coefficient (Wildman–Crippen LogP) is 1.29. The highest BCUT2D eigenvalue weighted by molar-refractivity contribution is 6.00. The number of hydrogen-bond donors (Lipinski definition) is 1. The van der Waals surface area contributed by atoms with Gasteiger partial charge in [-0.1, -0.05) is 19.8 Å². The van der Waals surface area contributed by atoms with Gasteiger partial charge in [-0.3, -0.25) is 0 Å². The number of nitrogens with two attached hydrogens (primary N) is 1. The lowest BCUT2D eigenvalue weighted by Gasteiger charge is -2.35. The number of amidine groups is 1. The van der Waals surface area contributed by atoms with Gasteiger partial charge in [0.1, 0.15) is 11.3 Å². The van der Waals surface area contributed by atoms with Gasteiger partial charge in [0.25, 0.3) is 5.91 Å². The molecule has 21 heavy (non-hydrogen) atoms. The van der Waals surface area contributed by atoms with E-state index in [4.69, 9.17) is 15.2 Å². The van der Waals surface area contributed by atoms with Gasteiger partial charge < -0.3 is 15.2 Å². The highest BCUT2D eigenvalue weighted by atomic mass is 16.8. The molecule has 2 aliphatic carbocycles. The van der Waals surface area contributed by atoms with Gasteiger partial charge in [-0.15, -0.1) is 0 Å². The summed E-state index contributed by atoms with van der Waals surface area (Å²) in [5.41, 5.74) is 3.55. The van der Waals surface area contributed by atoms with E-state index in [1.54, 1.807) is 0 Å². The van der Waals surface area contributed by atoms with Gasteiger partial charge in [0.15, 0.2) is 5.41 Å². The third-order valence-electron chi connectivity index (χ3n) is 6.20. The average molecular weight is 286 g/mol. The highest BCUT2D eigenvalue weighted by Crippen LogP contribution is 2.89. The van der Waals surface area contributed by atoms with Gasteiger partial charge in [-0.05, 0) is 18.8 Å². The fraction of sp³-hybridized carbons (Fsp3) is 0.800. The molecule has 0 bridgehead atoms. The molecular formula is C15H18N4O2. The molecule has 0 aromatic rings. The molecule has 2 spiro atoms. The predicted molar refractivity (Wildman–Crippen MR) is 72.4 cm³/mol. The van der Waals surface area contributed by atoms with E-state index in [-0.39, 0.29) is 5.84 Å². The first-order valence-electron chi connectivity index (χ1n) is 7.52. The summed E-state index contributed by atoms with van der Waals surface area (Å²) in [5.74, 6) is -0.520. The Labute approximate surface area is 123 Å². The van der Waals surface area contributed by atoms with Crippen molar-refractivity contribution in [1.82, 2.24) is 0 Å². The first kappa shape index (κ1) is 13.1. The molecule has 0 unspecified atom stereocenters. The molecule has 0 amide bonds. The van der Waals surface area contributed by atoms with E-state index >= 15 is 0 Å². The topological polar surface area (TPSA) is 104 Å². The summed E-state index contributed by atoms with van der Waals surface area (Å²) in [7, 11) is 0. The molecule has 0 aromatic heterocycles. The van der Waals surface area contributed by atoms with E-state index in [1.165, 1.54) is 0 Å². The van der Waals surface area contributed by atoms with Crippen LogP contribution in [-0.2, 0) is 9.47 Å². The maximum Gasteiger partial charge on any atom is 0.293 e. The lowest BCUT2D eigenvalue weighted by Crippen LogP contribution is -2.42. The number of hydrogen-bond acceptors (Lipinski definition) is 6. The summed E-state index contributed by atoms with van der Waals surface area (Å²) >= 11 is 0. The van der Waals surface area contributed by atoms with Gasteiger partial charge in [-0.25, -0.2) is 4.99 Å². The van der Waals surface area contributed by atoms with Crippen molar-refractivity contribution in [3.63, 3.8) is 0 Å². The van der Waals surface area contributed by atoms with Crippen molar-refractivity contribution >= 4 is 5.84 Å². The fourth-order valence-electron chi connectivity index (χ4n) is 5.19. The average Bonchev–Trinajstić information content (AvgIpc) is 2.77. The SMILES string of the molecule is CC1CCC2(CC1)[C@@]1(C#N)C3(N=C(N)[C@@]21C#N)OCCO3. The van der Waals surface area contributed by atoms with Crippen molar-refractivity contribution in [3.8, 4) is 12.1 Å². The van der Waals surface area contributed by atoms with Crippen molar-refractivity contribution in [1.29, 1.82) is 10.5 Å². The van der Waals surface area contributed by atoms with E-state index in [0.29, 0.717) is 19.1 Å². The Bertz CT molecular complexity index is 617. The number of nitriles is 2. The lowest BCUT2D eigenvalue weighted by atomic mass is 9.73. The molecule has 0 radical (unpaired) electrons. The van der Waals surface area contributed by atoms with Crippen LogP contribution in [0.5, 0.6) is 0 Å². The number of fused-ring (bicyclic) bond motifs is 4. The quantitative estimate of drug-likeness (QED) is 0.722. The molecular weight excluding hydrogens is 268 g/mol. The molecule has 2 N–H and O–H groups in total. The van der Waals surface area contributed by atoms with E-state index in [9.17, 15) is 10.5 Å². The molecule has 3 fully saturated rings. The molecule has 2 aliphatic heterocycles. The Kier molecular flexibility index (Phi) is 2.22. The normalized spacial score (nSPS) is 49.5. The summed E-state index contributed by atoms with van der Waals surface area (Å²) in [5, 5.41) is 19.9. The zero-order valence-corrected chi connectivity index (χ0v) is 12.1. The molecule has 0 aromatic carbocycles. The molecule has 6 nitrogen and oxygen atoms in total. The van der Waals surface area contributed by atoms with Gasteiger partial charge >= 0.3 is 0 Å². The van der Waals surface area contributed by atoms with Gasteiger partial charge in [0.05, 0.1) is 25.4 Å². The van der Waals surface area contributed by atoms with Crippen LogP contribution < -0.4 is 5.73 Å². The van der Waals surface area contributed by atoms with Crippen LogP contribution in [-0.4, -0.2) is 25.0 Å². The molecule has 1 saturated heterocycles. The molecule has 110 valence electrons. The second-order valence-corrected chi connectivity index (χ2v) is 6.76. The van der Waals surface area contributed by atoms with Crippen LogP contribution in [0.3, 0.4) is 0 Å².